The van der Waals surface area contributed by atoms with Gasteiger partial charge in [0, 0.05) is 45.8 Å². The molecule has 2 aromatic rings. The Labute approximate surface area is 184 Å². The summed E-state index contributed by atoms with van der Waals surface area (Å²) in [5.74, 6) is 1.82. The molecule has 0 amide bonds. The molecule has 3 rings (SSSR count). The van der Waals surface area contributed by atoms with E-state index in [2.05, 4.69) is 51.2 Å². The Hall–Kier alpha value is -1.81. The van der Waals surface area contributed by atoms with Crippen LogP contribution in [-0.4, -0.2) is 66.8 Å². The summed E-state index contributed by atoms with van der Waals surface area (Å²) >= 11 is 0. The van der Waals surface area contributed by atoms with Crippen LogP contribution in [0.5, 0.6) is 5.75 Å². The largest absolute Gasteiger partial charge is 0.489 e. The maximum absolute atomic E-state index is 5.97. The second-order valence-electron chi connectivity index (χ2n) is 6.92. The Kier molecular flexibility index (Phi) is 9.04. The van der Waals surface area contributed by atoms with Gasteiger partial charge in [-0.1, -0.05) is 22.9 Å². The SMILES string of the molecule is CN=C(NCC(C)Oc1ccc(C)cc1)N1CCN(Cc2ccon2)CC1.I. The maximum Gasteiger partial charge on any atom is 0.193 e. The first kappa shape index (κ1) is 22.5. The van der Waals surface area contributed by atoms with Crippen LogP contribution >= 0.6 is 24.0 Å². The van der Waals surface area contributed by atoms with E-state index >= 15 is 0 Å². The summed E-state index contributed by atoms with van der Waals surface area (Å²) in [4.78, 5) is 9.10. The van der Waals surface area contributed by atoms with Crippen LogP contribution in [0.25, 0.3) is 0 Å². The molecule has 0 spiro atoms. The van der Waals surface area contributed by atoms with Crippen LogP contribution in [0, 0.1) is 6.92 Å². The lowest BCUT2D eigenvalue weighted by molar-refractivity contribution is 0.167. The third-order valence-electron chi connectivity index (χ3n) is 4.67. The number of guanidine groups is 1. The van der Waals surface area contributed by atoms with E-state index in [9.17, 15) is 0 Å². The number of halogens is 1. The molecule has 154 valence electrons. The monoisotopic (exact) mass is 499 g/mol. The predicted molar refractivity (Wildman–Crippen MR) is 121 cm³/mol. The van der Waals surface area contributed by atoms with Crippen molar-refractivity contribution in [2.75, 3.05) is 39.8 Å². The van der Waals surface area contributed by atoms with Crippen LogP contribution in [-0.2, 0) is 6.54 Å². The van der Waals surface area contributed by atoms with E-state index in [0.29, 0.717) is 6.54 Å². The molecule has 8 heteroatoms. The summed E-state index contributed by atoms with van der Waals surface area (Å²) in [5, 5.41) is 7.42. The highest BCUT2D eigenvalue weighted by Crippen LogP contribution is 2.13. The van der Waals surface area contributed by atoms with Crippen molar-refractivity contribution < 1.29 is 9.26 Å². The number of ether oxygens (including phenoxy) is 1. The molecular weight excluding hydrogens is 469 g/mol. The van der Waals surface area contributed by atoms with E-state index in [-0.39, 0.29) is 30.1 Å². The van der Waals surface area contributed by atoms with E-state index in [1.807, 2.05) is 25.2 Å². The van der Waals surface area contributed by atoms with Crippen molar-refractivity contribution in [1.29, 1.82) is 0 Å². The molecule has 1 fully saturated rings. The lowest BCUT2D eigenvalue weighted by Crippen LogP contribution is -2.53. The van der Waals surface area contributed by atoms with Crippen molar-refractivity contribution in [3.63, 3.8) is 0 Å². The van der Waals surface area contributed by atoms with Crippen molar-refractivity contribution in [2.45, 2.75) is 26.5 Å². The van der Waals surface area contributed by atoms with Crippen LogP contribution < -0.4 is 10.1 Å². The third-order valence-corrected chi connectivity index (χ3v) is 4.67. The first-order valence-corrected chi connectivity index (χ1v) is 9.44. The highest BCUT2D eigenvalue weighted by molar-refractivity contribution is 14.0. The van der Waals surface area contributed by atoms with Gasteiger partial charge in [-0.05, 0) is 26.0 Å². The molecule has 0 aliphatic carbocycles. The molecule has 28 heavy (non-hydrogen) atoms. The quantitative estimate of drug-likeness (QED) is 0.375. The van der Waals surface area contributed by atoms with Crippen molar-refractivity contribution in [3.8, 4) is 5.75 Å². The fourth-order valence-electron chi connectivity index (χ4n) is 3.12. The molecule has 1 unspecified atom stereocenters. The molecule has 1 aliphatic heterocycles. The van der Waals surface area contributed by atoms with Crippen LogP contribution in [0.15, 0.2) is 46.1 Å². The zero-order valence-electron chi connectivity index (χ0n) is 16.8. The second kappa shape index (κ2) is 11.3. The third kappa shape index (κ3) is 6.66. The molecule has 1 atom stereocenters. The van der Waals surface area contributed by atoms with Gasteiger partial charge in [0.05, 0.1) is 12.2 Å². The van der Waals surface area contributed by atoms with Gasteiger partial charge in [-0.3, -0.25) is 9.89 Å². The lowest BCUT2D eigenvalue weighted by Gasteiger charge is -2.36. The summed E-state index contributed by atoms with van der Waals surface area (Å²) in [5.41, 5.74) is 2.21. The predicted octanol–water partition coefficient (Wildman–Crippen LogP) is 2.76. The summed E-state index contributed by atoms with van der Waals surface area (Å²) in [7, 11) is 1.83. The number of aliphatic imine (C=N–C) groups is 1. The van der Waals surface area contributed by atoms with Crippen LogP contribution in [0.4, 0.5) is 0 Å². The van der Waals surface area contributed by atoms with E-state index in [4.69, 9.17) is 9.26 Å². The minimum absolute atomic E-state index is 0. The van der Waals surface area contributed by atoms with Gasteiger partial charge in [-0.15, -0.1) is 24.0 Å². The van der Waals surface area contributed by atoms with Gasteiger partial charge in [-0.25, -0.2) is 0 Å². The van der Waals surface area contributed by atoms with Crippen LogP contribution in [0.3, 0.4) is 0 Å². The Balaban J connectivity index is 0.00000280. The van der Waals surface area contributed by atoms with Crippen LogP contribution in [0.1, 0.15) is 18.2 Å². The lowest BCUT2D eigenvalue weighted by atomic mass is 10.2. The first-order valence-electron chi connectivity index (χ1n) is 9.44. The van der Waals surface area contributed by atoms with Gasteiger partial charge in [-0.2, -0.15) is 0 Å². The van der Waals surface area contributed by atoms with Crippen molar-refractivity contribution in [1.82, 2.24) is 20.3 Å². The number of nitrogens with one attached hydrogen (secondary N) is 1. The molecule has 0 saturated carbocycles. The van der Waals surface area contributed by atoms with Crippen molar-refractivity contribution in [2.24, 2.45) is 4.99 Å². The van der Waals surface area contributed by atoms with Gasteiger partial charge in [0.15, 0.2) is 5.96 Å². The molecule has 1 N–H and O–H groups in total. The minimum Gasteiger partial charge on any atom is -0.489 e. The number of benzene rings is 1. The van der Waals surface area contributed by atoms with Crippen molar-refractivity contribution >= 4 is 29.9 Å². The maximum atomic E-state index is 5.97. The Morgan fingerprint density at radius 2 is 1.93 bits per heavy atom. The molecule has 0 bridgehead atoms. The fraction of sp³-hybridized carbons (Fsp3) is 0.500. The number of hydrogen-bond acceptors (Lipinski definition) is 5. The number of nitrogens with zero attached hydrogens (tertiary/aromatic N) is 4. The number of rotatable bonds is 6. The standard InChI is InChI=1S/C20H29N5O2.HI/c1-16-4-6-19(7-5-16)27-17(2)14-22-20(21-3)25-11-9-24(10-12-25)15-18-8-13-26-23-18;/h4-8,13,17H,9-12,14-15H2,1-3H3,(H,21,22);1H. The molecule has 7 nitrogen and oxygen atoms in total. The normalized spacial score (nSPS) is 16.4. The molecule has 1 aromatic carbocycles. The second-order valence-corrected chi connectivity index (χ2v) is 6.92. The average Bonchev–Trinajstić information content (AvgIpc) is 3.18. The summed E-state index contributed by atoms with van der Waals surface area (Å²) < 4.78 is 10.9. The van der Waals surface area contributed by atoms with Gasteiger partial charge in [0.1, 0.15) is 18.1 Å². The number of aromatic nitrogens is 1. The zero-order chi connectivity index (χ0) is 19.1. The van der Waals surface area contributed by atoms with E-state index in [1.165, 1.54) is 5.56 Å². The van der Waals surface area contributed by atoms with Crippen molar-refractivity contribution in [3.05, 3.63) is 47.9 Å². The van der Waals surface area contributed by atoms with E-state index in [0.717, 1.165) is 50.1 Å². The molecule has 2 heterocycles. The highest BCUT2D eigenvalue weighted by Gasteiger charge is 2.20. The van der Waals surface area contributed by atoms with Gasteiger partial charge in [0.2, 0.25) is 0 Å². The molecule has 1 aliphatic rings. The number of piperazine rings is 1. The van der Waals surface area contributed by atoms with E-state index in [1.54, 1.807) is 6.26 Å². The summed E-state index contributed by atoms with van der Waals surface area (Å²) in [6, 6.07) is 10.1. The molecule has 1 aromatic heterocycles. The van der Waals surface area contributed by atoms with Crippen LogP contribution in [0.2, 0.25) is 0 Å². The van der Waals surface area contributed by atoms with Gasteiger partial charge < -0.3 is 19.5 Å². The number of hydrogen-bond donors (Lipinski definition) is 1. The Bertz CT molecular complexity index is 713. The average molecular weight is 499 g/mol. The Morgan fingerprint density at radius 3 is 2.54 bits per heavy atom. The topological polar surface area (TPSA) is 66.1 Å². The molecule has 0 radical (unpaired) electrons. The Morgan fingerprint density at radius 1 is 1.21 bits per heavy atom. The fourth-order valence-corrected chi connectivity index (χ4v) is 3.12. The van der Waals surface area contributed by atoms with Gasteiger partial charge >= 0.3 is 0 Å². The highest BCUT2D eigenvalue weighted by atomic mass is 127. The van der Waals surface area contributed by atoms with E-state index < -0.39 is 0 Å². The molecule has 1 saturated heterocycles. The summed E-state index contributed by atoms with van der Waals surface area (Å²) in [6.45, 7) is 9.50. The van der Waals surface area contributed by atoms with Gasteiger partial charge in [0.25, 0.3) is 0 Å². The zero-order valence-corrected chi connectivity index (χ0v) is 19.1. The first-order chi connectivity index (χ1) is 13.1. The smallest absolute Gasteiger partial charge is 0.193 e. The molecular formula is C20H30IN5O2. The minimum atomic E-state index is 0. The number of aryl methyl sites for hydroxylation is 1. The summed E-state index contributed by atoms with van der Waals surface area (Å²) in [6.07, 6.45) is 1.68.